The first-order chi connectivity index (χ1) is 10.9. The molecule has 0 spiro atoms. The molecular formula is C17H16ClNO4. The number of carbonyl (C=O) groups is 2. The molecule has 2 aromatic rings. The SMILES string of the molecule is Cc1ccc(Oc2ccc(NC(=O)CCC(=O)O)cc2Cl)cc1. The normalized spacial score (nSPS) is 10.2. The average Bonchev–Trinajstić information content (AvgIpc) is 2.50. The molecule has 0 saturated heterocycles. The van der Waals surface area contributed by atoms with Crippen LogP contribution in [-0.4, -0.2) is 17.0 Å². The molecule has 0 unspecified atom stereocenters. The third-order valence-corrected chi connectivity index (χ3v) is 3.33. The van der Waals surface area contributed by atoms with Gasteiger partial charge in [-0.1, -0.05) is 29.3 Å². The van der Waals surface area contributed by atoms with Crippen molar-refractivity contribution >= 4 is 29.2 Å². The van der Waals surface area contributed by atoms with Crippen molar-refractivity contribution in [1.29, 1.82) is 0 Å². The highest BCUT2D eigenvalue weighted by molar-refractivity contribution is 6.32. The topological polar surface area (TPSA) is 75.6 Å². The summed E-state index contributed by atoms with van der Waals surface area (Å²) in [7, 11) is 0. The number of aliphatic carboxylic acids is 1. The second-order valence-electron chi connectivity index (χ2n) is 5.00. The van der Waals surface area contributed by atoms with Gasteiger partial charge in [0.15, 0.2) is 0 Å². The highest BCUT2D eigenvalue weighted by Gasteiger charge is 2.09. The molecule has 0 heterocycles. The molecule has 0 radical (unpaired) electrons. The van der Waals surface area contributed by atoms with Gasteiger partial charge < -0.3 is 15.2 Å². The standard InChI is InChI=1S/C17H16ClNO4/c1-11-2-5-13(6-3-11)23-15-7-4-12(10-14(15)18)19-16(20)8-9-17(21)22/h2-7,10H,8-9H2,1H3,(H,19,20)(H,21,22). The van der Waals surface area contributed by atoms with E-state index in [1.807, 2.05) is 31.2 Å². The van der Waals surface area contributed by atoms with Gasteiger partial charge in [0.25, 0.3) is 0 Å². The molecular weight excluding hydrogens is 318 g/mol. The fraction of sp³-hybridized carbons (Fsp3) is 0.176. The summed E-state index contributed by atoms with van der Waals surface area (Å²) in [6.07, 6.45) is -0.303. The fourth-order valence-corrected chi connectivity index (χ4v) is 2.06. The molecule has 2 rings (SSSR count). The van der Waals surface area contributed by atoms with Gasteiger partial charge in [-0.15, -0.1) is 0 Å². The molecule has 2 aromatic carbocycles. The summed E-state index contributed by atoms with van der Waals surface area (Å²) in [6, 6.07) is 12.4. The smallest absolute Gasteiger partial charge is 0.303 e. The van der Waals surface area contributed by atoms with E-state index < -0.39 is 5.97 Å². The van der Waals surface area contributed by atoms with Gasteiger partial charge >= 0.3 is 5.97 Å². The predicted octanol–water partition coefficient (Wildman–Crippen LogP) is 4.24. The van der Waals surface area contributed by atoms with Crippen molar-refractivity contribution in [3.8, 4) is 11.5 Å². The van der Waals surface area contributed by atoms with E-state index in [2.05, 4.69) is 5.32 Å². The van der Waals surface area contributed by atoms with Crippen LogP contribution >= 0.6 is 11.6 Å². The van der Waals surface area contributed by atoms with E-state index in [-0.39, 0.29) is 18.7 Å². The van der Waals surface area contributed by atoms with E-state index in [1.54, 1.807) is 18.2 Å². The minimum absolute atomic E-state index is 0.0887. The van der Waals surface area contributed by atoms with Gasteiger partial charge in [-0.05, 0) is 37.3 Å². The summed E-state index contributed by atoms with van der Waals surface area (Å²) in [5, 5.41) is 11.5. The Morgan fingerprint density at radius 3 is 2.43 bits per heavy atom. The predicted molar refractivity (Wildman–Crippen MR) is 88.2 cm³/mol. The van der Waals surface area contributed by atoms with Crippen LogP contribution < -0.4 is 10.1 Å². The van der Waals surface area contributed by atoms with Crippen molar-refractivity contribution in [2.45, 2.75) is 19.8 Å². The first kappa shape index (κ1) is 16.8. The Labute approximate surface area is 138 Å². The number of anilines is 1. The van der Waals surface area contributed by atoms with Gasteiger partial charge in [0.1, 0.15) is 11.5 Å². The monoisotopic (exact) mass is 333 g/mol. The van der Waals surface area contributed by atoms with E-state index in [0.717, 1.165) is 5.56 Å². The van der Waals surface area contributed by atoms with Crippen LogP contribution in [0.1, 0.15) is 18.4 Å². The molecule has 0 aliphatic carbocycles. The lowest BCUT2D eigenvalue weighted by atomic mass is 10.2. The Kier molecular flexibility index (Phi) is 5.60. The van der Waals surface area contributed by atoms with Crippen molar-refractivity contribution < 1.29 is 19.4 Å². The van der Waals surface area contributed by atoms with Crippen LogP contribution in [0.15, 0.2) is 42.5 Å². The number of halogens is 1. The number of carboxylic acids is 1. The molecule has 6 heteroatoms. The number of ether oxygens (including phenoxy) is 1. The van der Waals surface area contributed by atoms with Gasteiger partial charge in [-0.3, -0.25) is 9.59 Å². The molecule has 0 aromatic heterocycles. The minimum atomic E-state index is -1.01. The zero-order valence-corrected chi connectivity index (χ0v) is 13.3. The molecule has 0 fully saturated rings. The van der Waals surface area contributed by atoms with Crippen LogP contribution in [0.5, 0.6) is 11.5 Å². The lowest BCUT2D eigenvalue weighted by Gasteiger charge is -2.10. The number of hydrogen-bond acceptors (Lipinski definition) is 3. The highest BCUT2D eigenvalue weighted by Crippen LogP contribution is 2.31. The van der Waals surface area contributed by atoms with E-state index >= 15 is 0 Å². The third-order valence-electron chi connectivity index (χ3n) is 3.03. The molecule has 0 aliphatic rings. The zero-order valence-electron chi connectivity index (χ0n) is 12.5. The Morgan fingerprint density at radius 1 is 1.13 bits per heavy atom. The molecule has 2 N–H and O–H groups in total. The molecule has 5 nitrogen and oxygen atoms in total. The van der Waals surface area contributed by atoms with Crippen LogP contribution in [0.3, 0.4) is 0 Å². The van der Waals surface area contributed by atoms with Crippen molar-refractivity contribution in [2.24, 2.45) is 0 Å². The number of rotatable bonds is 6. The van der Waals surface area contributed by atoms with E-state index in [4.69, 9.17) is 21.4 Å². The summed E-state index contributed by atoms with van der Waals surface area (Å²) >= 11 is 6.15. The number of carboxylic acid groups (broad SMARTS) is 1. The fourth-order valence-electron chi connectivity index (χ4n) is 1.84. The number of nitrogens with one attached hydrogen (secondary N) is 1. The lowest BCUT2D eigenvalue weighted by Crippen LogP contribution is -2.13. The highest BCUT2D eigenvalue weighted by atomic mass is 35.5. The Hall–Kier alpha value is -2.53. The maximum Gasteiger partial charge on any atom is 0.303 e. The average molecular weight is 334 g/mol. The lowest BCUT2D eigenvalue weighted by molar-refractivity contribution is -0.138. The van der Waals surface area contributed by atoms with E-state index in [0.29, 0.717) is 22.2 Å². The summed E-state index contributed by atoms with van der Waals surface area (Å²) in [4.78, 5) is 22.0. The van der Waals surface area contributed by atoms with Crippen LogP contribution in [-0.2, 0) is 9.59 Å². The summed E-state index contributed by atoms with van der Waals surface area (Å²) in [6.45, 7) is 1.98. The number of benzene rings is 2. The van der Waals surface area contributed by atoms with Crippen molar-refractivity contribution in [1.82, 2.24) is 0 Å². The summed E-state index contributed by atoms with van der Waals surface area (Å²) in [5.74, 6) is -0.259. The Balaban J connectivity index is 2.01. The third kappa shape index (κ3) is 5.30. The van der Waals surface area contributed by atoms with E-state index in [9.17, 15) is 9.59 Å². The van der Waals surface area contributed by atoms with Crippen molar-refractivity contribution in [3.05, 3.63) is 53.1 Å². The molecule has 0 aliphatic heterocycles. The van der Waals surface area contributed by atoms with Crippen LogP contribution in [0.4, 0.5) is 5.69 Å². The largest absolute Gasteiger partial charge is 0.481 e. The quantitative estimate of drug-likeness (QED) is 0.828. The number of aryl methyl sites for hydroxylation is 1. The van der Waals surface area contributed by atoms with Crippen molar-refractivity contribution in [3.63, 3.8) is 0 Å². The molecule has 120 valence electrons. The van der Waals surface area contributed by atoms with Crippen LogP contribution in [0, 0.1) is 6.92 Å². The maximum atomic E-state index is 11.6. The van der Waals surface area contributed by atoms with Crippen LogP contribution in [0.25, 0.3) is 0 Å². The second-order valence-corrected chi connectivity index (χ2v) is 5.41. The number of carbonyl (C=O) groups excluding carboxylic acids is 1. The van der Waals surface area contributed by atoms with E-state index in [1.165, 1.54) is 0 Å². The maximum absolute atomic E-state index is 11.6. The molecule has 23 heavy (non-hydrogen) atoms. The second kappa shape index (κ2) is 7.65. The Morgan fingerprint density at radius 2 is 1.83 bits per heavy atom. The van der Waals surface area contributed by atoms with Gasteiger partial charge in [0.05, 0.1) is 11.4 Å². The number of hydrogen-bond donors (Lipinski definition) is 2. The zero-order chi connectivity index (χ0) is 16.8. The molecule has 0 bridgehead atoms. The van der Waals surface area contributed by atoms with Crippen molar-refractivity contribution in [2.75, 3.05) is 5.32 Å². The van der Waals surface area contributed by atoms with Gasteiger partial charge in [-0.2, -0.15) is 0 Å². The molecule has 0 saturated carbocycles. The first-order valence-corrected chi connectivity index (χ1v) is 7.37. The Bertz CT molecular complexity index is 713. The minimum Gasteiger partial charge on any atom is -0.481 e. The summed E-state index contributed by atoms with van der Waals surface area (Å²) < 4.78 is 5.68. The van der Waals surface area contributed by atoms with Gasteiger partial charge in [0.2, 0.25) is 5.91 Å². The van der Waals surface area contributed by atoms with Gasteiger partial charge in [-0.25, -0.2) is 0 Å². The summed E-state index contributed by atoms with van der Waals surface area (Å²) in [5.41, 5.74) is 1.62. The van der Waals surface area contributed by atoms with Crippen LogP contribution in [0.2, 0.25) is 5.02 Å². The molecule has 0 atom stereocenters. The van der Waals surface area contributed by atoms with Gasteiger partial charge in [0, 0.05) is 12.1 Å². The number of amides is 1. The first-order valence-electron chi connectivity index (χ1n) is 7.00. The molecule has 1 amide bonds.